The predicted octanol–water partition coefficient (Wildman–Crippen LogP) is 0.855. The Morgan fingerprint density at radius 2 is 1.68 bits per heavy atom. The van der Waals surface area contributed by atoms with Gasteiger partial charge < -0.3 is 19.3 Å². The Balaban J connectivity index is 1.38. The lowest BCUT2D eigenvalue weighted by Gasteiger charge is -2.40. The van der Waals surface area contributed by atoms with E-state index in [-0.39, 0.29) is 43.5 Å². The van der Waals surface area contributed by atoms with Gasteiger partial charge in [-0.25, -0.2) is 0 Å². The highest BCUT2D eigenvalue weighted by Crippen LogP contribution is 2.34. The van der Waals surface area contributed by atoms with Crippen LogP contribution in [0.25, 0.3) is 0 Å². The first-order chi connectivity index (χ1) is 16.1. The summed E-state index contributed by atoms with van der Waals surface area (Å²) in [4.78, 5) is 29.3. The Morgan fingerprint density at radius 1 is 1.03 bits per heavy atom. The third-order valence-electron chi connectivity index (χ3n) is 6.69. The Kier molecular flexibility index (Phi) is 7.18. The third-order valence-corrected chi connectivity index (χ3v) is 8.66. The molecule has 3 fully saturated rings. The van der Waals surface area contributed by atoms with Crippen LogP contribution in [-0.2, 0) is 24.5 Å². The number of amides is 2. The van der Waals surface area contributed by atoms with Crippen molar-refractivity contribution in [1.82, 2.24) is 13.5 Å². The number of hydrogen-bond donors (Lipinski definition) is 0. The van der Waals surface area contributed by atoms with E-state index in [1.165, 1.54) is 8.61 Å². The lowest BCUT2D eigenvalue weighted by molar-refractivity contribution is -0.137. The second-order valence-electron chi connectivity index (χ2n) is 9.39. The highest BCUT2D eigenvalue weighted by Gasteiger charge is 2.41. The molecule has 0 aromatic heterocycles. The molecule has 11 heteroatoms. The van der Waals surface area contributed by atoms with E-state index >= 15 is 0 Å². The smallest absolute Gasteiger partial charge is 0.282 e. The Hall–Kier alpha value is -2.21. The largest absolute Gasteiger partial charge is 0.495 e. The van der Waals surface area contributed by atoms with E-state index in [4.69, 9.17) is 9.47 Å². The predicted molar refractivity (Wildman–Crippen MR) is 127 cm³/mol. The van der Waals surface area contributed by atoms with Crippen LogP contribution in [0.2, 0.25) is 0 Å². The van der Waals surface area contributed by atoms with Gasteiger partial charge in [-0.05, 0) is 38.5 Å². The standard InChI is InChI=1S/C23H34N4O6S/c1-16-5-6-21(32-4)20(11-16)27-15-19(12-22(27)28)23(29)24-7-9-25(10-8-24)34(30,31)26-13-17(2)33-18(3)14-26/h5-6,11,17-19H,7-10,12-15H2,1-4H3. The van der Waals surface area contributed by atoms with Crippen LogP contribution in [0.15, 0.2) is 18.2 Å². The number of nitrogens with zero attached hydrogens (tertiary/aromatic N) is 4. The van der Waals surface area contributed by atoms with Crippen LogP contribution in [0.4, 0.5) is 5.69 Å². The van der Waals surface area contributed by atoms with Crippen molar-refractivity contribution >= 4 is 27.7 Å². The minimum atomic E-state index is -3.61. The van der Waals surface area contributed by atoms with Gasteiger partial charge in [0, 0.05) is 52.2 Å². The maximum atomic E-state index is 13.2. The summed E-state index contributed by atoms with van der Waals surface area (Å²) in [7, 11) is -2.05. The number of ether oxygens (including phenoxy) is 2. The number of aryl methyl sites for hydroxylation is 1. The highest BCUT2D eigenvalue weighted by atomic mass is 32.2. The Bertz CT molecular complexity index is 1030. The van der Waals surface area contributed by atoms with Crippen molar-refractivity contribution in [2.24, 2.45) is 5.92 Å². The van der Waals surface area contributed by atoms with Gasteiger partial charge in [0.1, 0.15) is 5.75 Å². The van der Waals surface area contributed by atoms with Crippen molar-refractivity contribution in [3.05, 3.63) is 23.8 Å². The van der Waals surface area contributed by atoms with Crippen molar-refractivity contribution in [2.75, 3.05) is 57.8 Å². The van der Waals surface area contributed by atoms with Crippen LogP contribution in [-0.4, -0.2) is 98.9 Å². The molecule has 0 radical (unpaired) electrons. The second kappa shape index (κ2) is 9.80. The summed E-state index contributed by atoms with van der Waals surface area (Å²) in [6.07, 6.45) is -0.176. The summed E-state index contributed by atoms with van der Waals surface area (Å²) in [5.41, 5.74) is 1.67. The maximum absolute atomic E-state index is 13.2. The number of carbonyl (C=O) groups excluding carboxylic acids is 2. The number of hydrogen-bond acceptors (Lipinski definition) is 6. The Morgan fingerprint density at radius 3 is 2.29 bits per heavy atom. The molecule has 0 aliphatic carbocycles. The first kappa shape index (κ1) is 24.9. The number of anilines is 1. The SMILES string of the molecule is COc1ccc(C)cc1N1CC(C(=O)N2CCN(S(=O)(=O)N3CC(C)OC(C)C3)CC2)CC1=O. The second-order valence-corrected chi connectivity index (χ2v) is 11.3. The minimum absolute atomic E-state index is 0.104. The van der Waals surface area contributed by atoms with Crippen LogP contribution in [0.3, 0.4) is 0 Å². The highest BCUT2D eigenvalue weighted by molar-refractivity contribution is 7.86. The molecule has 1 aromatic rings. The average Bonchev–Trinajstić information content (AvgIpc) is 3.19. The molecule has 0 bridgehead atoms. The summed E-state index contributed by atoms with van der Waals surface area (Å²) in [6, 6.07) is 5.63. The van der Waals surface area contributed by atoms with E-state index in [0.717, 1.165) is 5.56 Å². The van der Waals surface area contributed by atoms with E-state index in [9.17, 15) is 18.0 Å². The fourth-order valence-electron chi connectivity index (χ4n) is 5.00. The molecule has 188 valence electrons. The molecule has 3 aliphatic heterocycles. The fourth-order valence-corrected chi connectivity index (χ4v) is 6.74. The molecule has 1 aromatic carbocycles. The van der Waals surface area contributed by atoms with Crippen LogP contribution in [0, 0.1) is 12.8 Å². The van der Waals surface area contributed by atoms with Gasteiger partial charge in [-0.2, -0.15) is 17.0 Å². The first-order valence-corrected chi connectivity index (χ1v) is 13.1. The van der Waals surface area contributed by atoms with Crippen molar-refractivity contribution in [1.29, 1.82) is 0 Å². The number of rotatable bonds is 5. The topological polar surface area (TPSA) is 99.7 Å². The molecular weight excluding hydrogens is 460 g/mol. The van der Waals surface area contributed by atoms with Gasteiger partial charge >= 0.3 is 0 Å². The van der Waals surface area contributed by atoms with Gasteiger partial charge in [0.15, 0.2) is 0 Å². The van der Waals surface area contributed by atoms with Crippen LogP contribution in [0.1, 0.15) is 25.8 Å². The molecule has 4 rings (SSSR count). The van der Waals surface area contributed by atoms with Gasteiger partial charge in [-0.15, -0.1) is 0 Å². The zero-order valence-electron chi connectivity index (χ0n) is 20.3. The summed E-state index contributed by atoms with van der Waals surface area (Å²) >= 11 is 0. The molecule has 0 N–H and O–H groups in total. The number of piperazine rings is 1. The summed E-state index contributed by atoms with van der Waals surface area (Å²) in [5.74, 6) is -0.0772. The average molecular weight is 495 g/mol. The minimum Gasteiger partial charge on any atom is -0.495 e. The van der Waals surface area contributed by atoms with Crippen LogP contribution < -0.4 is 9.64 Å². The Labute approximate surface area is 201 Å². The van der Waals surface area contributed by atoms with E-state index in [0.29, 0.717) is 44.2 Å². The maximum Gasteiger partial charge on any atom is 0.282 e. The first-order valence-electron chi connectivity index (χ1n) is 11.7. The molecule has 3 saturated heterocycles. The van der Waals surface area contributed by atoms with Gasteiger partial charge in [-0.1, -0.05) is 6.07 Å². The van der Waals surface area contributed by atoms with Crippen LogP contribution >= 0.6 is 0 Å². The molecule has 0 spiro atoms. The molecule has 0 saturated carbocycles. The molecule has 10 nitrogen and oxygen atoms in total. The monoisotopic (exact) mass is 494 g/mol. The van der Waals surface area contributed by atoms with Gasteiger partial charge in [0.2, 0.25) is 11.8 Å². The molecule has 2 amide bonds. The fraction of sp³-hybridized carbons (Fsp3) is 0.652. The zero-order valence-corrected chi connectivity index (χ0v) is 21.1. The molecule has 3 heterocycles. The van der Waals surface area contributed by atoms with Gasteiger partial charge in [0.05, 0.1) is 30.9 Å². The quantitative estimate of drug-likeness (QED) is 0.602. The zero-order chi connectivity index (χ0) is 24.6. The number of methoxy groups -OCH3 is 1. The lowest BCUT2D eigenvalue weighted by Crippen LogP contribution is -2.58. The number of benzene rings is 1. The number of morpholine rings is 1. The summed E-state index contributed by atoms with van der Waals surface area (Å²) in [6.45, 7) is 7.73. The molecule has 3 aliphatic rings. The van der Waals surface area contributed by atoms with Crippen LogP contribution in [0.5, 0.6) is 5.75 Å². The molecule has 34 heavy (non-hydrogen) atoms. The summed E-state index contributed by atoms with van der Waals surface area (Å²) < 4.78 is 40.3. The van der Waals surface area contributed by atoms with Gasteiger partial charge in [0.25, 0.3) is 10.2 Å². The number of carbonyl (C=O) groups is 2. The van der Waals surface area contributed by atoms with Crippen molar-refractivity contribution in [2.45, 2.75) is 39.4 Å². The van der Waals surface area contributed by atoms with Gasteiger partial charge in [-0.3, -0.25) is 9.59 Å². The van der Waals surface area contributed by atoms with Crippen molar-refractivity contribution < 1.29 is 27.5 Å². The van der Waals surface area contributed by atoms with E-state index < -0.39 is 16.1 Å². The van der Waals surface area contributed by atoms with Crippen molar-refractivity contribution in [3.8, 4) is 5.75 Å². The normalized spacial score (nSPS) is 27.3. The van der Waals surface area contributed by atoms with E-state index in [1.807, 2.05) is 39.0 Å². The van der Waals surface area contributed by atoms with E-state index in [2.05, 4.69) is 0 Å². The summed E-state index contributed by atoms with van der Waals surface area (Å²) in [5, 5.41) is 0. The van der Waals surface area contributed by atoms with Crippen molar-refractivity contribution in [3.63, 3.8) is 0 Å². The molecule has 3 unspecified atom stereocenters. The third kappa shape index (κ3) is 4.93. The molecule has 3 atom stereocenters. The molecular formula is C23H34N4O6S. The lowest BCUT2D eigenvalue weighted by atomic mass is 10.1. The van der Waals surface area contributed by atoms with E-state index in [1.54, 1.807) is 16.9 Å².